The van der Waals surface area contributed by atoms with E-state index in [0.29, 0.717) is 22.4 Å². The van der Waals surface area contributed by atoms with Crippen LogP contribution in [0.1, 0.15) is 11.4 Å². The topological polar surface area (TPSA) is 57.8 Å². The predicted octanol–water partition coefficient (Wildman–Crippen LogP) is 2.98. The molecule has 0 bridgehead atoms. The number of fused-ring (bicyclic) bond motifs is 1. The van der Waals surface area contributed by atoms with Crippen molar-refractivity contribution in [2.24, 2.45) is 0 Å². The van der Waals surface area contributed by atoms with Crippen molar-refractivity contribution in [3.63, 3.8) is 0 Å². The molecule has 0 spiro atoms. The van der Waals surface area contributed by atoms with E-state index in [1.807, 2.05) is 19.1 Å². The third-order valence-corrected chi connectivity index (χ3v) is 3.23. The minimum Gasteiger partial charge on any atom is -0.375 e. The number of rotatable bonds is 3. The maximum atomic E-state index is 13.7. The van der Waals surface area contributed by atoms with Gasteiger partial charge in [0.05, 0.1) is 23.1 Å². The predicted molar refractivity (Wildman–Crippen MR) is 80.8 cm³/mol. The van der Waals surface area contributed by atoms with Crippen molar-refractivity contribution in [1.82, 2.24) is 9.97 Å². The lowest BCUT2D eigenvalue weighted by Gasteiger charge is -2.08. The van der Waals surface area contributed by atoms with Gasteiger partial charge in [0.15, 0.2) is 0 Å². The molecule has 0 saturated carbocycles. The Kier molecular flexibility index (Phi) is 3.39. The molecule has 0 atom stereocenters. The van der Waals surface area contributed by atoms with Crippen LogP contribution in [-0.2, 0) is 6.54 Å². The van der Waals surface area contributed by atoms with Crippen LogP contribution in [0.3, 0.4) is 0 Å². The maximum Gasteiger partial charge on any atom is 0.258 e. The van der Waals surface area contributed by atoms with Gasteiger partial charge in [-0.25, -0.2) is 9.37 Å². The van der Waals surface area contributed by atoms with Crippen LogP contribution in [-0.4, -0.2) is 9.97 Å². The molecule has 0 unspecified atom stereocenters. The fourth-order valence-electron chi connectivity index (χ4n) is 2.16. The van der Waals surface area contributed by atoms with Crippen molar-refractivity contribution in [3.8, 4) is 0 Å². The number of aromatic nitrogens is 2. The van der Waals surface area contributed by atoms with Crippen LogP contribution in [0.25, 0.3) is 10.9 Å². The zero-order chi connectivity index (χ0) is 14.8. The maximum absolute atomic E-state index is 13.7. The Morgan fingerprint density at radius 3 is 2.86 bits per heavy atom. The van der Waals surface area contributed by atoms with Gasteiger partial charge in [-0.15, -0.1) is 0 Å². The highest BCUT2D eigenvalue weighted by Gasteiger charge is 2.05. The molecule has 0 amide bonds. The van der Waals surface area contributed by atoms with Crippen LogP contribution in [0.4, 0.5) is 10.1 Å². The van der Waals surface area contributed by atoms with Gasteiger partial charge in [-0.3, -0.25) is 4.79 Å². The van der Waals surface area contributed by atoms with E-state index in [1.165, 1.54) is 6.07 Å². The molecular formula is C16H14FN3O. The number of aryl methyl sites for hydroxylation is 1. The fraction of sp³-hybridized carbons (Fsp3) is 0.125. The first-order chi connectivity index (χ1) is 10.1. The molecule has 0 aliphatic carbocycles. The first-order valence-corrected chi connectivity index (χ1v) is 6.61. The number of nitrogens with zero attached hydrogens (tertiary/aromatic N) is 1. The summed E-state index contributed by atoms with van der Waals surface area (Å²) in [6.45, 7) is 2.08. The Morgan fingerprint density at radius 1 is 1.24 bits per heavy atom. The number of anilines is 1. The van der Waals surface area contributed by atoms with Crippen molar-refractivity contribution in [1.29, 1.82) is 0 Å². The average Bonchev–Trinajstić information content (AvgIpc) is 2.46. The van der Waals surface area contributed by atoms with Gasteiger partial charge in [0.2, 0.25) is 0 Å². The minimum absolute atomic E-state index is 0.193. The Labute approximate surface area is 120 Å². The van der Waals surface area contributed by atoms with Crippen LogP contribution in [0.5, 0.6) is 0 Å². The number of H-pyrrole nitrogens is 1. The summed E-state index contributed by atoms with van der Waals surface area (Å²) in [4.78, 5) is 19.0. The van der Waals surface area contributed by atoms with E-state index in [0.717, 1.165) is 5.56 Å². The summed E-state index contributed by atoms with van der Waals surface area (Å²) in [6, 6.07) is 12.1. The third-order valence-electron chi connectivity index (χ3n) is 3.23. The highest BCUT2D eigenvalue weighted by molar-refractivity contribution is 5.77. The molecule has 0 radical (unpaired) electrons. The summed E-state index contributed by atoms with van der Waals surface area (Å²) in [5.74, 6) is 0.150. The number of para-hydroxylation sites is 1. The Balaban J connectivity index is 1.87. The normalized spacial score (nSPS) is 10.8. The Morgan fingerprint density at radius 2 is 2.05 bits per heavy atom. The zero-order valence-corrected chi connectivity index (χ0v) is 11.5. The molecule has 1 aromatic heterocycles. The van der Waals surface area contributed by atoms with Gasteiger partial charge in [0.25, 0.3) is 5.56 Å². The fourth-order valence-corrected chi connectivity index (χ4v) is 2.16. The van der Waals surface area contributed by atoms with Crippen molar-refractivity contribution in [2.45, 2.75) is 13.5 Å². The lowest BCUT2D eigenvalue weighted by molar-refractivity contribution is 0.628. The number of halogens is 1. The van der Waals surface area contributed by atoms with E-state index in [9.17, 15) is 9.18 Å². The van der Waals surface area contributed by atoms with Gasteiger partial charge >= 0.3 is 0 Å². The van der Waals surface area contributed by atoms with Crippen molar-refractivity contribution < 1.29 is 4.39 Å². The molecule has 1 heterocycles. The SMILES string of the molecule is Cc1ccc(NCc2nc3ccccc3c(=O)[nH]2)c(F)c1. The molecule has 0 fully saturated rings. The number of aromatic amines is 1. The monoisotopic (exact) mass is 283 g/mol. The summed E-state index contributed by atoms with van der Waals surface area (Å²) >= 11 is 0. The molecular weight excluding hydrogens is 269 g/mol. The number of hydrogen-bond donors (Lipinski definition) is 2. The standard InChI is InChI=1S/C16H14FN3O/c1-10-6-7-14(12(17)8-10)18-9-15-19-13-5-3-2-4-11(13)16(21)20-15/h2-8,18H,9H2,1H3,(H,19,20,21). The smallest absolute Gasteiger partial charge is 0.258 e. The van der Waals surface area contributed by atoms with Crippen molar-refractivity contribution in [2.75, 3.05) is 5.32 Å². The number of nitrogens with one attached hydrogen (secondary N) is 2. The van der Waals surface area contributed by atoms with E-state index in [1.54, 1.807) is 24.3 Å². The van der Waals surface area contributed by atoms with Crippen LogP contribution >= 0.6 is 0 Å². The average molecular weight is 283 g/mol. The number of hydrogen-bond acceptors (Lipinski definition) is 3. The first-order valence-electron chi connectivity index (χ1n) is 6.61. The van der Waals surface area contributed by atoms with Gasteiger partial charge < -0.3 is 10.3 Å². The van der Waals surface area contributed by atoms with Gasteiger partial charge in [0, 0.05) is 0 Å². The second-order valence-corrected chi connectivity index (χ2v) is 4.87. The van der Waals surface area contributed by atoms with E-state index >= 15 is 0 Å². The van der Waals surface area contributed by atoms with Crippen molar-refractivity contribution >= 4 is 16.6 Å². The molecule has 21 heavy (non-hydrogen) atoms. The molecule has 0 saturated heterocycles. The van der Waals surface area contributed by atoms with Crippen molar-refractivity contribution in [3.05, 3.63) is 70.0 Å². The Hall–Kier alpha value is -2.69. The molecule has 4 nitrogen and oxygen atoms in total. The highest BCUT2D eigenvalue weighted by atomic mass is 19.1. The molecule has 2 aromatic carbocycles. The second-order valence-electron chi connectivity index (χ2n) is 4.87. The molecule has 0 aliphatic heterocycles. The molecule has 2 N–H and O–H groups in total. The highest BCUT2D eigenvalue weighted by Crippen LogP contribution is 2.16. The third kappa shape index (κ3) is 2.76. The summed E-state index contributed by atoms with van der Waals surface area (Å²) < 4.78 is 13.7. The summed E-state index contributed by atoms with van der Waals surface area (Å²) in [6.07, 6.45) is 0. The van der Waals surface area contributed by atoms with E-state index in [-0.39, 0.29) is 17.9 Å². The Bertz CT molecular complexity index is 858. The summed E-state index contributed by atoms with van der Waals surface area (Å²) in [7, 11) is 0. The van der Waals surface area contributed by atoms with E-state index in [4.69, 9.17) is 0 Å². The molecule has 5 heteroatoms. The van der Waals surface area contributed by atoms with Crippen LogP contribution in [0.15, 0.2) is 47.3 Å². The van der Waals surface area contributed by atoms with Crippen LogP contribution < -0.4 is 10.9 Å². The zero-order valence-electron chi connectivity index (χ0n) is 11.5. The molecule has 0 aliphatic rings. The molecule has 3 aromatic rings. The summed E-state index contributed by atoms with van der Waals surface area (Å²) in [5.41, 5.74) is 1.68. The number of benzene rings is 2. The van der Waals surface area contributed by atoms with Crippen LogP contribution in [0, 0.1) is 12.7 Å². The molecule has 106 valence electrons. The van der Waals surface area contributed by atoms with Gasteiger partial charge in [-0.05, 0) is 36.8 Å². The van der Waals surface area contributed by atoms with E-state index in [2.05, 4.69) is 15.3 Å². The van der Waals surface area contributed by atoms with E-state index < -0.39 is 0 Å². The first kappa shape index (κ1) is 13.3. The van der Waals surface area contributed by atoms with Gasteiger partial charge in [0.1, 0.15) is 11.6 Å². The lowest BCUT2D eigenvalue weighted by atomic mass is 10.2. The lowest BCUT2D eigenvalue weighted by Crippen LogP contribution is -2.14. The molecule has 3 rings (SSSR count). The summed E-state index contributed by atoms with van der Waals surface area (Å²) in [5, 5.41) is 3.48. The second kappa shape index (κ2) is 5.36. The quantitative estimate of drug-likeness (QED) is 0.777. The van der Waals surface area contributed by atoms with Crippen LogP contribution in [0.2, 0.25) is 0 Å². The van der Waals surface area contributed by atoms with Gasteiger partial charge in [-0.1, -0.05) is 18.2 Å². The minimum atomic E-state index is -0.321. The largest absolute Gasteiger partial charge is 0.375 e. The van der Waals surface area contributed by atoms with Gasteiger partial charge in [-0.2, -0.15) is 0 Å².